The highest BCUT2D eigenvalue weighted by Crippen LogP contribution is 1.97. The van der Waals surface area contributed by atoms with Crippen molar-refractivity contribution in [2.24, 2.45) is 0 Å². The molecule has 3 nitrogen and oxygen atoms in total. The van der Waals surface area contributed by atoms with E-state index >= 15 is 0 Å². The van der Waals surface area contributed by atoms with Crippen molar-refractivity contribution < 1.29 is 15.3 Å². The zero-order valence-electron chi connectivity index (χ0n) is 6.83. The summed E-state index contributed by atoms with van der Waals surface area (Å²) in [6.07, 6.45) is -0.606. The molecule has 1 atom stereocenters. The molecule has 0 spiro atoms. The van der Waals surface area contributed by atoms with Crippen LogP contribution in [0, 0.1) is 11.8 Å². The summed E-state index contributed by atoms with van der Waals surface area (Å²) < 4.78 is 0. The van der Waals surface area contributed by atoms with Gasteiger partial charge in [0, 0.05) is 6.42 Å². The molecule has 1 unspecified atom stereocenters. The van der Waals surface area contributed by atoms with Gasteiger partial charge in [0.2, 0.25) is 0 Å². The summed E-state index contributed by atoms with van der Waals surface area (Å²) in [5, 5.41) is 26.3. The fraction of sp³-hybridized carbons (Fsp3) is 0.750. The van der Waals surface area contributed by atoms with Crippen LogP contribution in [-0.2, 0) is 0 Å². The van der Waals surface area contributed by atoms with E-state index in [9.17, 15) is 0 Å². The summed E-state index contributed by atoms with van der Waals surface area (Å²) in [7, 11) is 0. The Kier molecular flexibility index (Phi) is 4.12. The molecule has 0 fully saturated rings. The predicted molar refractivity (Wildman–Crippen MR) is 41.8 cm³/mol. The third-order valence-corrected chi connectivity index (χ3v) is 0.943. The van der Waals surface area contributed by atoms with Crippen molar-refractivity contribution in [3.8, 4) is 11.8 Å². The van der Waals surface area contributed by atoms with Gasteiger partial charge in [-0.1, -0.05) is 11.8 Å². The molecule has 0 aromatic carbocycles. The minimum absolute atomic E-state index is 0.195. The Morgan fingerprint density at radius 3 is 2.36 bits per heavy atom. The summed E-state index contributed by atoms with van der Waals surface area (Å²) in [4.78, 5) is 0. The smallest absolute Gasteiger partial charge is 0.119 e. The molecule has 3 N–H and O–H groups in total. The molecule has 3 heteroatoms. The molecule has 0 aromatic rings. The van der Waals surface area contributed by atoms with Gasteiger partial charge in [-0.3, -0.25) is 0 Å². The lowest BCUT2D eigenvalue weighted by Crippen LogP contribution is -2.15. The Labute approximate surface area is 66.7 Å². The fourth-order valence-corrected chi connectivity index (χ4v) is 0.450. The molecular weight excluding hydrogens is 144 g/mol. The van der Waals surface area contributed by atoms with Crippen molar-refractivity contribution in [2.75, 3.05) is 6.61 Å². The molecule has 0 saturated carbocycles. The van der Waals surface area contributed by atoms with E-state index in [1.807, 2.05) is 0 Å². The molecule has 0 amide bonds. The quantitative estimate of drug-likeness (QED) is 0.475. The zero-order valence-corrected chi connectivity index (χ0v) is 6.83. The van der Waals surface area contributed by atoms with Crippen molar-refractivity contribution in [1.29, 1.82) is 0 Å². The minimum atomic E-state index is -1.02. The Morgan fingerprint density at radius 1 is 1.45 bits per heavy atom. The van der Waals surface area contributed by atoms with Crippen LogP contribution in [0.1, 0.15) is 20.3 Å². The van der Waals surface area contributed by atoms with Gasteiger partial charge in [-0.2, -0.15) is 0 Å². The van der Waals surface area contributed by atoms with Crippen LogP contribution in [0.15, 0.2) is 0 Å². The summed E-state index contributed by atoms with van der Waals surface area (Å²) in [5.74, 6) is 5.09. The number of aliphatic hydroxyl groups is 3. The van der Waals surface area contributed by atoms with Crippen LogP contribution in [0.25, 0.3) is 0 Å². The standard InChI is InChI=1S/C8H14O3/c1-8(2,11)5-3-4-7(10)6-9/h7,9-11H,4,6H2,1-2H3. The zero-order chi connectivity index (χ0) is 8.91. The third-order valence-electron chi connectivity index (χ3n) is 0.943. The second-order valence-electron chi connectivity index (χ2n) is 2.90. The lowest BCUT2D eigenvalue weighted by Gasteiger charge is -2.06. The first kappa shape index (κ1) is 10.4. The van der Waals surface area contributed by atoms with E-state index in [4.69, 9.17) is 15.3 Å². The maximum atomic E-state index is 9.09. The van der Waals surface area contributed by atoms with Gasteiger partial charge in [-0.25, -0.2) is 0 Å². The first-order valence-electron chi connectivity index (χ1n) is 3.47. The van der Waals surface area contributed by atoms with Gasteiger partial charge in [-0.15, -0.1) is 0 Å². The van der Waals surface area contributed by atoms with E-state index < -0.39 is 11.7 Å². The van der Waals surface area contributed by atoms with Crippen LogP contribution in [0.4, 0.5) is 0 Å². The molecule has 0 aromatic heterocycles. The maximum absolute atomic E-state index is 9.09. The largest absolute Gasteiger partial charge is 0.394 e. The van der Waals surface area contributed by atoms with E-state index in [-0.39, 0.29) is 13.0 Å². The molecule has 64 valence electrons. The molecular formula is C8H14O3. The van der Waals surface area contributed by atoms with Crippen molar-refractivity contribution in [3.05, 3.63) is 0 Å². The molecule has 0 radical (unpaired) electrons. The lowest BCUT2D eigenvalue weighted by atomic mass is 10.1. The average Bonchev–Trinajstić information content (AvgIpc) is 1.85. The highest BCUT2D eigenvalue weighted by atomic mass is 16.3. The van der Waals surface area contributed by atoms with Gasteiger partial charge in [0.1, 0.15) is 5.60 Å². The van der Waals surface area contributed by atoms with Crippen molar-refractivity contribution in [2.45, 2.75) is 32.0 Å². The summed E-state index contributed by atoms with van der Waals surface area (Å²) in [6, 6.07) is 0. The second-order valence-corrected chi connectivity index (χ2v) is 2.90. The first-order valence-corrected chi connectivity index (χ1v) is 3.47. The van der Waals surface area contributed by atoms with Gasteiger partial charge >= 0.3 is 0 Å². The van der Waals surface area contributed by atoms with Gasteiger partial charge in [0.15, 0.2) is 0 Å². The molecule has 0 aliphatic heterocycles. The van der Waals surface area contributed by atoms with Crippen molar-refractivity contribution in [3.63, 3.8) is 0 Å². The van der Waals surface area contributed by atoms with Crippen LogP contribution < -0.4 is 0 Å². The van der Waals surface area contributed by atoms with Crippen LogP contribution in [0.5, 0.6) is 0 Å². The van der Waals surface area contributed by atoms with E-state index in [1.165, 1.54) is 0 Å². The van der Waals surface area contributed by atoms with Crippen molar-refractivity contribution >= 4 is 0 Å². The van der Waals surface area contributed by atoms with Crippen LogP contribution >= 0.6 is 0 Å². The second kappa shape index (κ2) is 4.35. The van der Waals surface area contributed by atoms with Gasteiger partial charge < -0.3 is 15.3 Å². The maximum Gasteiger partial charge on any atom is 0.119 e. The lowest BCUT2D eigenvalue weighted by molar-refractivity contribution is 0.0988. The fourth-order valence-electron chi connectivity index (χ4n) is 0.450. The molecule has 0 rings (SSSR count). The van der Waals surface area contributed by atoms with E-state index in [0.29, 0.717) is 0 Å². The SMILES string of the molecule is CC(C)(O)C#CCC(O)CO. The van der Waals surface area contributed by atoms with Gasteiger partial charge in [0.25, 0.3) is 0 Å². The topological polar surface area (TPSA) is 60.7 Å². The van der Waals surface area contributed by atoms with Crippen LogP contribution in [0.2, 0.25) is 0 Å². The molecule has 11 heavy (non-hydrogen) atoms. The summed E-state index contributed by atoms with van der Waals surface area (Å²) in [5.41, 5.74) is -1.02. The number of hydrogen-bond donors (Lipinski definition) is 3. The molecule has 0 heterocycles. The molecule has 0 bridgehead atoms. The summed E-state index contributed by atoms with van der Waals surface area (Å²) >= 11 is 0. The average molecular weight is 158 g/mol. The molecule has 0 aliphatic carbocycles. The predicted octanol–water partition coefficient (Wildman–Crippen LogP) is -0.496. The Morgan fingerprint density at radius 2 is 2.00 bits per heavy atom. The van der Waals surface area contributed by atoms with Gasteiger partial charge in [0.05, 0.1) is 12.7 Å². The van der Waals surface area contributed by atoms with Crippen LogP contribution in [0.3, 0.4) is 0 Å². The van der Waals surface area contributed by atoms with E-state index in [2.05, 4.69) is 11.8 Å². The monoisotopic (exact) mass is 158 g/mol. The Hall–Kier alpha value is -0.560. The van der Waals surface area contributed by atoms with E-state index in [1.54, 1.807) is 13.8 Å². The highest BCUT2D eigenvalue weighted by Gasteiger charge is 2.05. The highest BCUT2D eigenvalue weighted by molar-refractivity contribution is 5.10. The minimum Gasteiger partial charge on any atom is -0.394 e. The Bertz CT molecular complexity index is 158. The van der Waals surface area contributed by atoms with Crippen LogP contribution in [-0.4, -0.2) is 33.6 Å². The summed E-state index contributed by atoms with van der Waals surface area (Å²) in [6.45, 7) is 2.83. The first-order chi connectivity index (χ1) is 4.95. The number of rotatable bonds is 2. The molecule has 0 saturated heterocycles. The van der Waals surface area contributed by atoms with Gasteiger partial charge in [-0.05, 0) is 13.8 Å². The number of hydrogen-bond acceptors (Lipinski definition) is 3. The normalized spacial score (nSPS) is 13.5. The Balaban J connectivity index is 3.73. The molecule has 0 aliphatic rings. The number of aliphatic hydroxyl groups excluding tert-OH is 2. The van der Waals surface area contributed by atoms with Crippen molar-refractivity contribution in [1.82, 2.24) is 0 Å². The third kappa shape index (κ3) is 7.34. The van der Waals surface area contributed by atoms with E-state index in [0.717, 1.165) is 0 Å².